The molecule has 1 amide bonds. The topological polar surface area (TPSA) is 80.0 Å². The number of amides is 1. The largest absolute Gasteiger partial charge is 0.382 e. The summed E-state index contributed by atoms with van der Waals surface area (Å²) in [6.07, 6.45) is 1.00. The van der Waals surface area contributed by atoms with Crippen LogP contribution in [-0.2, 0) is 0 Å². The summed E-state index contributed by atoms with van der Waals surface area (Å²) >= 11 is 1.30. The highest BCUT2D eigenvalue weighted by Gasteiger charge is 2.18. The molecule has 18 heavy (non-hydrogen) atoms. The molecule has 0 saturated heterocycles. The Hall–Kier alpha value is -1.30. The van der Waals surface area contributed by atoms with Gasteiger partial charge in [-0.15, -0.1) is 0 Å². The number of aromatic nitrogens is 1. The normalized spacial score (nSPS) is 11.3. The maximum Gasteiger partial charge on any atom is 0.265 e. The lowest BCUT2D eigenvalue weighted by atomic mass is 9.97. The second kappa shape index (κ2) is 6.04. The van der Waals surface area contributed by atoms with E-state index < -0.39 is 0 Å². The van der Waals surface area contributed by atoms with Crippen molar-refractivity contribution >= 4 is 28.2 Å². The van der Waals surface area contributed by atoms with E-state index in [1.807, 2.05) is 0 Å². The van der Waals surface area contributed by atoms with Gasteiger partial charge in [-0.05, 0) is 11.8 Å². The smallest absolute Gasteiger partial charge is 0.265 e. The van der Waals surface area contributed by atoms with E-state index in [0.717, 1.165) is 13.0 Å². The zero-order valence-corrected chi connectivity index (χ0v) is 12.3. The van der Waals surface area contributed by atoms with Crippen LogP contribution >= 0.6 is 11.3 Å². The van der Waals surface area contributed by atoms with Gasteiger partial charge in [-0.3, -0.25) is 4.79 Å². The lowest BCUT2D eigenvalue weighted by Gasteiger charge is -2.18. The Bertz CT molecular complexity index is 409. The van der Waals surface area contributed by atoms with Crippen molar-refractivity contribution < 1.29 is 4.79 Å². The number of nitrogens with zero attached hydrogens (tertiary/aromatic N) is 1. The number of hydrogen-bond donors (Lipinski definition) is 3. The fourth-order valence-corrected chi connectivity index (χ4v) is 2.05. The van der Waals surface area contributed by atoms with Gasteiger partial charge < -0.3 is 16.4 Å². The predicted octanol–water partition coefficient (Wildman–Crippen LogP) is 2.32. The van der Waals surface area contributed by atoms with Crippen LogP contribution in [0, 0.1) is 5.41 Å². The van der Waals surface area contributed by atoms with E-state index in [-0.39, 0.29) is 11.3 Å². The van der Waals surface area contributed by atoms with Crippen LogP contribution in [-0.4, -0.2) is 24.0 Å². The summed E-state index contributed by atoms with van der Waals surface area (Å²) in [6, 6.07) is 0. The van der Waals surface area contributed by atoms with Gasteiger partial charge >= 0.3 is 0 Å². The first-order valence-corrected chi connectivity index (χ1v) is 6.93. The lowest BCUT2D eigenvalue weighted by molar-refractivity contribution is 0.0944. The monoisotopic (exact) mass is 270 g/mol. The van der Waals surface area contributed by atoms with E-state index in [1.54, 1.807) is 0 Å². The Labute approximate surface area is 112 Å². The van der Waals surface area contributed by atoms with Crippen LogP contribution in [0.2, 0.25) is 0 Å². The Morgan fingerprint density at radius 3 is 2.67 bits per heavy atom. The van der Waals surface area contributed by atoms with E-state index in [2.05, 4.69) is 43.3 Å². The van der Waals surface area contributed by atoms with E-state index in [4.69, 9.17) is 5.73 Å². The van der Waals surface area contributed by atoms with Crippen LogP contribution in [0.3, 0.4) is 0 Å². The van der Waals surface area contributed by atoms with Gasteiger partial charge in [0.05, 0.1) is 0 Å². The molecule has 6 heteroatoms. The van der Waals surface area contributed by atoms with Crippen molar-refractivity contribution in [2.45, 2.75) is 34.1 Å². The number of carbonyl (C=O) groups is 1. The van der Waals surface area contributed by atoms with Crippen molar-refractivity contribution in [3.05, 3.63) is 4.88 Å². The number of rotatable bonds is 5. The zero-order valence-electron chi connectivity index (χ0n) is 11.5. The van der Waals surface area contributed by atoms with Crippen LogP contribution in [0.1, 0.15) is 43.8 Å². The van der Waals surface area contributed by atoms with Gasteiger partial charge in [0.15, 0.2) is 5.13 Å². The minimum absolute atomic E-state index is 0.0540. The molecule has 5 nitrogen and oxygen atoms in total. The van der Waals surface area contributed by atoms with E-state index >= 15 is 0 Å². The molecule has 0 unspecified atom stereocenters. The van der Waals surface area contributed by atoms with Gasteiger partial charge in [0.2, 0.25) is 0 Å². The minimum atomic E-state index is -0.149. The molecular formula is C12H22N4OS. The number of thiazole rings is 1. The molecule has 0 radical (unpaired) electrons. The van der Waals surface area contributed by atoms with Crippen LogP contribution in [0.15, 0.2) is 0 Å². The summed E-state index contributed by atoms with van der Waals surface area (Å²) < 4.78 is 0. The van der Waals surface area contributed by atoms with E-state index in [9.17, 15) is 4.79 Å². The molecule has 102 valence electrons. The molecule has 0 aliphatic heterocycles. The number of hydrogen-bond acceptors (Lipinski definition) is 5. The van der Waals surface area contributed by atoms with Crippen LogP contribution < -0.4 is 16.4 Å². The van der Waals surface area contributed by atoms with Crippen molar-refractivity contribution in [3.63, 3.8) is 0 Å². The molecule has 1 aromatic heterocycles. The molecule has 4 N–H and O–H groups in total. The van der Waals surface area contributed by atoms with E-state index in [0.29, 0.717) is 22.4 Å². The van der Waals surface area contributed by atoms with E-state index in [1.165, 1.54) is 11.3 Å². The summed E-state index contributed by atoms with van der Waals surface area (Å²) in [5.74, 6) is 0.148. The fraction of sp³-hybridized carbons (Fsp3) is 0.667. The molecule has 0 bridgehead atoms. The van der Waals surface area contributed by atoms with Gasteiger partial charge in [0, 0.05) is 13.1 Å². The number of nitrogens with one attached hydrogen (secondary N) is 2. The van der Waals surface area contributed by atoms with Crippen molar-refractivity contribution in [1.82, 2.24) is 10.3 Å². The van der Waals surface area contributed by atoms with Crippen LogP contribution in [0.25, 0.3) is 0 Å². The maximum atomic E-state index is 12.0. The third kappa shape index (κ3) is 4.52. The molecule has 1 heterocycles. The maximum absolute atomic E-state index is 12.0. The van der Waals surface area contributed by atoms with Gasteiger partial charge in [0.25, 0.3) is 5.91 Å². The predicted molar refractivity (Wildman–Crippen MR) is 77.1 cm³/mol. The van der Waals surface area contributed by atoms with Crippen molar-refractivity contribution in [2.75, 3.05) is 24.1 Å². The lowest BCUT2D eigenvalue weighted by Crippen LogP contribution is -2.32. The average molecular weight is 270 g/mol. The molecule has 0 aliphatic carbocycles. The fourth-order valence-electron chi connectivity index (χ4n) is 1.23. The van der Waals surface area contributed by atoms with Crippen LogP contribution in [0.4, 0.5) is 10.9 Å². The summed E-state index contributed by atoms with van der Waals surface area (Å²) in [6.45, 7) is 9.71. The summed E-state index contributed by atoms with van der Waals surface area (Å²) in [5.41, 5.74) is 5.81. The highest BCUT2D eigenvalue weighted by atomic mass is 32.1. The molecule has 1 rings (SSSR count). The van der Waals surface area contributed by atoms with Crippen molar-refractivity contribution in [1.29, 1.82) is 0 Å². The van der Waals surface area contributed by atoms with Crippen molar-refractivity contribution in [2.24, 2.45) is 5.41 Å². The summed E-state index contributed by atoms with van der Waals surface area (Å²) in [7, 11) is 0. The Morgan fingerprint density at radius 1 is 1.44 bits per heavy atom. The molecule has 0 aromatic carbocycles. The second-order valence-corrected chi connectivity index (χ2v) is 6.40. The minimum Gasteiger partial charge on any atom is -0.382 e. The average Bonchev–Trinajstić information content (AvgIpc) is 2.64. The first-order chi connectivity index (χ1) is 8.33. The molecule has 1 aromatic rings. The number of nitrogen functional groups attached to an aromatic ring is 1. The molecule has 0 spiro atoms. The third-order valence-corrected chi connectivity index (χ3v) is 3.19. The van der Waals surface area contributed by atoms with Gasteiger partial charge in [-0.25, -0.2) is 4.98 Å². The standard InChI is InChI=1S/C12H22N4OS/c1-5-6-14-11-16-9(13)8(18-11)10(17)15-7-12(2,3)4/h5-7,13H2,1-4H3,(H,14,16)(H,15,17). The SMILES string of the molecule is CCCNc1nc(N)c(C(=O)NCC(C)(C)C)s1. The summed E-state index contributed by atoms with van der Waals surface area (Å²) in [4.78, 5) is 16.6. The zero-order chi connectivity index (χ0) is 13.8. The van der Waals surface area contributed by atoms with Crippen molar-refractivity contribution in [3.8, 4) is 0 Å². The molecule has 0 atom stereocenters. The highest BCUT2D eigenvalue weighted by molar-refractivity contribution is 7.18. The first-order valence-electron chi connectivity index (χ1n) is 6.12. The number of nitrogens with two attached hydrogens (primary N) is 1. The Morgan fingerprint density at radius 2 is 2.11 bits per heavy atom. The molecule has 0 saturated carbocycles. The second-order valence-electron chi connectivity index (χ2n) is 5.40. The first kappa shape index (κ1) is 14.8. The summed E-state index contributed by atoms with van der Waals surface area (Å²) in [5, 5.41) is 6.71. The Balaban J connectivity index is 2.65. The Kier molecular flexibility index (Phi) is 4.95. The van der Waals surface area contributed by atoms with Gasteiger partial charge in [-0.2, -0.15) is 0 Å². The number of carbonyl (C=O) groups excluding carboxylic acids is 1. The van der Waals surface area contributed by atoms with Crippen LogP contribution in [0.5, 0.6) is 0 Å². The highest BCUT2D eigenvalue weighted by Crippen LogP contribution is 2.25. The molecular weight excluding hydrogens is 248 g/mol. The molecule has 0 fully saturated rings. The van der Waals surface area contributed by atoms with Gasteiger partial charge in [0.1, 0.15) is 10.7 Å². The quantitative estimate of drug-likeness (QED) is 0.767. The number of anilines is 2. The van der Waals surface area contributed by atoms with Gasteiger partial charge in [-0.1, -0.05) is 39.0 Å². The molecule has 0 aliphatic rings. The third-order valence-electron chi connectivity index (χ3n) is 2.17.